The predicted molar refractivity (Wildman–Crippen MR) is 103 cm³/mol. The molecule has 0 bridgehead atoms. The molecule has 0 spiro atoms. The van der Waals surface area contributed by atoms with Gasteiger partial charge in [0.1, 0.15) is 0 Å². The molecule has 0 radical (unpaired) electrons. The Morgan fingerprint density at radius 1 is 1.08 bits per heavy atom. The number of rotatable bonds is 6. The van der Waals surface area contributed by atoms with Crippen LogP contribution in [-0.2, 0) is 5.32 Å². The molecule has 0 aliphatic carbocycles. The van der Waals surface area contributed by atoms with Crippen LogP contribution in [0.2, 0.25) is 0 Å². The third-order valence-electron chi connectivity index (χ3n) is 4.40. The van der Waals surface area contributed by atoms with Crippen molar-refractivity contribution in [3.63, 3.8) is 0 Å². The summed E-state index contributed by atoms with van der Waals surface area (Å²) < 4.78 is 0. The van der Waals surface area contributed by atoms with Crippen molar-refractivity contribution in [3.05, 3.63) is 41.7 Å². The van der Waals surface area contributed by atoms with Crippen molar-refractivity contribution < 1.29 is 0 Å². The van der Waals surface area contributed by atoms with Gasteiger partial charge >= 0.3 is 156 Å². The summed E-state index contributed by atoms with van der Waals surface area (Å²) in [5.74, 6) is 1.94. The Hall–Kier alpha value is -1.69. The third-order valence-corrected chi connectivity index (χ3v) is 7.43. The molecule has 0 amide bonds. The summed E-state index contributed by atoms with van der Waals surface area (Å²) in [4.78, 5) is 18.5. The van der Waals surface area contributed by atoms with Crippen LogP contribution in [0, 0.1) is 0 Å². The Bertz CT molecular complexity index is 673. The molecule has 2 N–H and O–H groups in total. The zero-order valence-corrected chi connectivity index (χ0v) is 16.6. The number of piperazine rings is 1. The number of likely N-dealkylation sites (N-methyl/N-ethyl adjacent to an activating group) is 1. The summed E-state index contributed by atoms with van der Waals surface area (Å²) in [6.07, 6.45) is 1.03. The van der Waals surface area contributed by atoms with Gasteiger partial charge in [-0.15, -0.1) is 0 Å². The van der Waals surface area contributed by atoms with Crippen molar-refractivity contribution in [2.45, 2.75) is 23.5 Å². The SMILES string of the molecule is CCC([Se]Cc1ccccc1)c1nc(N)nc(N2CCN(C)CC2)n1. The van der Waals surface area contributed by atoms with Gasteiger partial charge in [-0.1, -0.05) is 0 Å². The number of hydrogen-bond acceptors (Lipinski definition) is 6. The maximum atomic E-state index is 6.00. The molecule has 25 heavy (non-hydrogen) atoms. The van der Waals surface area contributed by atoms with E-state index in [-0.39, 0.29) is 0 Å². The van der Waals surface area contributed by atoms with E-state index in [1.165, 1.54) is 5.56 Å². The molecule has 3 rings (SSSR count). The standard InChI is InChI=1S/C18H26N6Se/c1-3-15(25-13-14-7-5-4-6-8-14)16-20-17(19)22-18(21-16)24-11-9-23(2)10-12-24/h4-8,15H,3,9-13H2,1-2H3,(H2,19,20,21,22). The van der Waals surface area contributed by atoms with Gasteiger partial charge in [0.25, 0.3) is 0 Å². The van der Waals surface area contributed by atoms with Crippen LogP contribution >= 0.6 is 0 Å². The van der Waals surface area contributed by atoms with Gasteiger partial charge in [-0.2, -0.15) is 0 Å². The first-order valence-electron chi connectivity index (χ1n) is 8.76. The molecule has 1 fully saturated rings. The maximum absolute atomic E-state index is 6.00. The summed E-state index contributed by atoms with van der Waals surface area (Å²) >= 11 is 0.392. The number of benzene rings is 1. The van der Waals surface area contributed by atoms with Gasteiger partial charge in [0.05, 0.1) is 0 Å². The minimum absolute atomic E-state index is 0.341. The number of nitrogens with zero attached hydrogens (tertiary/aromatic N) is 5. The fourth-order valence-electron chi connectivity index (χ4n) is 2.84. The van der Waals surface area contributed by atoms with E-state index in [0.29, 0.717) is 25.7 Å². The topological polar surface area (TPSA) is 71.2 Å². The molecule has 2 aromatic rings. The van der Waals surface area contributed by atoms with Gasteiger partial charge in [0.2, 0.25) is 0 Å². The number of nitrogens with two attached hydrogens (primary N) is 1. The first-order chi connectivity index (χ1) is 12.2. The quantitative estimate of drug-likeness (QED) is 0.736. The van der Waals surface area contributed by atoms with Gasteiger partial charge in [0, 0.05) is 0 Å². The van der Waals surface area contributed by atoms with Crippen molar-refractivity contribution in [3.8, 4) is 0 Å². The van der Waals surface area contributed by atoms with E-state index >= 15 is 0 Å². The van der Waals surface area contributed by atoms with Crippen molar-refractivity contribution in [2.24, 2.45) is 0 Å². The zero-order chi connectivity index (χ0) is 17.6. The Labute approximate surface area is 156 Å². The van der Waals surface area contributed by atoms with Gasteiger partial charge < -0.3 is 0 Å². The fraction of sp³-hybridized carbons (Fsp3) is 0.500. The fourth-order valence-corrected chi connectivity index (χ4v) is 5.09. The molecule has 1 aromatic carbocycles. The van der Waals surface area contributed by atoms with E-state index in [2.05, 4.69) is 64.1 Å². The molecule has 1 saturated heterocycles. The molecule has 1 aliphatic heterocycles. The Balaban J connectivity index is 1.73. The normalized spacial score (nSPS) is 16.8. The summed E-state index contributed by atoms with van der Waals surface area (Å²) in [6.45, 7) is 6.12. The first kappa shape index (κ1) is 18.1. The molecule has 0 saturated carbocycles. The first-order valence-corrected chi connectivity index (χ1v) is 11.0. The molecular weight excluding hydrogens is 379 g/mol. The van der Waals surface area contributed by atoms with Crippen LogP contribution in [0.4, 0.5) is 11.9 Å². The van der Waals surface area contributed by atoms with Gasteiger partial charge in [-0.3, -0.25) is 0 Å². The summed E-state index contributed by atoms with van der Waals surface area (Å²) in [7, 11) is 2.14. The molecule has 2 heterocycles. The molecule has 1 aliphatic rings. The molecule has 1 atom stereocenters. The van der Waals surface area contributed by atoms with E-state index in [4.69, 9.17) is 10.7 Å². The zero-order valence-electron chi connectivity index (χ0n) is 14.9. The molecule has 1 aromatic heterocycles. The second kappa shape index (κ2) is 8.61. The average Bonchev–Trinajstić information content (AvgIpc) is 2.63. The van der Waals surface area contributed by atoms with E-state index in [9.17, 15) is 0 Å². The molecule has 6 nitrogen and oxygen atoms in total. The monoisotopic (exact) mass is 406 g/mol. The Morgan fingerprint density at radius 2 is 1.80 bits per heavy atom. The predicted octanol–water partition coefficient (Wildman–Crippen LogP) is 1.56. The van der Waals surface area contributed by atoms with Crippen LogP contribution in [-0.4, -0.2) is 68.0 Å². The number of aromatic nitrogens is 3. The second-order valence-corrected chi connectivity index (χ2v) is 8.83. The van der Waals surface area contributed by atoms with Crippen LogP contribution in [0.1, 0.15) is 29.5 Å². The van der Waals surface area contributed by atoms with Crippen LogP contribution in [0.25, 0.3) is 0 Å². The molecular formula is C18H26N6Se. The number of anilines is 2. The number of nitrogen functional groups attached to an aromatic ring is 1. The van der Waals surface area contributed by atoms with E-state index in [1.807, 2.05) is 0 Å². The molecule has 7 heteroatoms. The van der Waals surface area contributed by atoms with E-state index in [1.54, 1.807) is 0 Å². The summed E-state index contributed by atoms with van der Waals surface area (Å²) in [6, 6.07) is 10.6. The van der Waals surface area contributed by atoms with Gasteiger partial charge in [-0.25, -0.2) is 0 Å². The van der Waals surface area contributed by atoms with Crippen molar-refractivity contribution >= 4 is 26.9 Å². The van der Waals surface area contributed by atoms with Crippen molar-refractivity contribution in [1.29, 1.82) is 0 Å². The van der Waals surface area contributed by atoms with Crippen molar-refractivity contribution in [1.82, 2.24) is 19.9 Å². The minimum atomic E-state index is 0.341. The summed E-state index contributed by atoms with van der Waals surface area (Å²) in [5, 5.41) is 1.09. The van der Waals surface area contributed by atoms with Gasteiger partial charge in [0.15, 0.2) is 0 Å². The van der Waals surface area contributed by atoms with Crippen LogP contribution in [0.5, 0.6) is 0 Å². The molecule has 134 valence electrons. The molecule has 1 unspecified atom stereocenters. The number of hydrogen-bond donors (Lipinski definition) is 1. The van der Waals surface area contributed by atoms with Crippen LogP contribution in [0.3, 0.4) is 0 Å². The van der Waals surface area contributed by atoms with Crippen LogP contribution < -0.4 is 10.6 Å². The van der Waals surface area contributed by atoms with Crippen molar-refractivity contribution in [2.75, 3.05) is 43.9 Å². The average molecular weight is 405 g/mol. The van der Waals surface area contributed by atoms with E-state index < -0.39 is 0 Å². The summed E-state index contributed by atoms with van der Waals surface area (Å²) in [5.41, 5.74) is 7.38. The van der Waals surface area contributed by atoms with Crippen LogP contribution in [0.15, 0.2) is 30.3 Å². The third kappa shape index (κ3) is 4.91. The van der Waals surface area contributed by atoms with E-state index in [0.717, 1.165) is 49.7 Å². The second-order valence-electron chi connectivity index (χ2n) is 6.34. The Morgan fingerprint density at radius 3 is 2.48 bits per heavy atom. The Kier molecular flexibility index (Phi) is 6.23. The van der Waals surface area contributed by atoms with Gasteiger partial charge in [-0.05, 0) is 0 Å².